The molecule has 127 heavy (non-hydrogen) atoms. The molecule has 0 radical (unpaired) electrons. The molecule has 3 aliphatic rings. The van der Waals surface area contributed by atoms with Gasteiger partial charge in [-0.2, -0.15) is 0 Å². The highest BCUT2D eigenvalue weighted by molar-refractivity contribution is 8.00. The van der Waals surface area contributed by atoms with E-state index in [1.165, 1.54) is 63.1 Å². The molecule has 692 valence electrons. The van der Waals surface area contributed by atoms with Crippen molar-refractivity contribution in [1.82, 2.24) is 81.9 Å². The fraction of sp³-hybridized carbons (Fsp3) is 0.541. The Morgan fingerprint density at radius 1 is 0.559 bits per heavy atom. The van der Waals surface area contributed by atoms with E-state index < -0.39 is 249 Å². The van der Waals surface area contributed by atoms with Gasteiger partial charge >= 0.3 is 5.97 Å². The van der Waals surface area contributed by atoms with Crippen molar-refractivity contribution in [1.29, 1.82) is 0 Å². The van der Waals surface area contributed by atoms with Gasteiger partial charge in [0.05, 0.1) is 24.9 Å². The summed E-state index contributed by atoms with van der Waals surface area (Å²) in [4.78, 5) is 254. The van der Waals surface area contributed by atoms with Gasteiger partial charge in [-0.05, 0) is 85.9 Å². The summed E-state index contributed by atoms with van der Waals surface area (Å²) in [6, 6.07) is -2.90. The Kier molecular flexibility index (Phi) is 36.9. The Hall–Kier alpha value is -12.3. The Labute approximate surface area is 738 Å². The number of aliphatic hydroxyl groups excluding tert-OH is 2. The third-order valence-corrected chi connectivity index (χ3v) is 24.0. The zero-order chi connectivity index (χ0) is 93.4. The van der Waals surface area contributed by atoms with Crippen LogP contribution in [0.15, 0.2) is 85.2 Å². The lowest BCUT2D eigenvalue weighted by atomic mass is 10.00. The maximum atomic E-state index is 15.7. The highest BCUT2D eigenvalue weighted by atomic mass is 32.2. The molecule has 3 aromatic carbocycles. The van der Waals surface area contributed by atoms with Gasteiger partial charge in [-0.25, -0.2) is 0 Å². The van der Waals surface area contributed by atoms with Crippen LogP contribution in [0.2, 0.25) is 0 Å². The lowest BCUT2D eigenvalue weighted by Crippen LogP contribution is -2.62. The Morgan fingerprint density at radius 3 is 1.72 bits per heavy atom. The minimum absolute atomic E-state index is 0.0137. The molecule has 0 spiro atoms. The van der Waals surface area contributed by atoms with E-state index in [4.69, 9.17) is 22.9 Å². The molecule has 3 aliphatic heterocycles. The number of nitrogens with zero attached hydrogens (tertiary/aromatic N) is 6. The standard InChI is InChI=1S/C85H120N20O21S/c1-9-11-21-65-78(119)96-61(37-87)76(117)99-63(72(89)113)43-127-44-70(110)91-57(31-47-25-27-50(107)28-26-47)81(122)100(6)46(5)73(114)93-59(35-69(88)109)83(124)104-29-17-24-66(104)79(120)97-60(36-86)75(116)94-56(30-45(3)4)84(125)105-40-51(108)34-68(105)80(121)92-55(32-48-38-90-54-20-15-13-18-52(48)54)74(115)98-62(42-106)77(118)95-58(82(123)102(8)67(22-12-10-2)85(126)101(65)7)33-49-39-103(41-71(111)112)64-23-16-14-19-53(49)64/h13-16,18-20,23,25-28,38-39,45-46,51,55-63,65-68,90,106-108H,9-12,17,21-22,24,29-37,40-44,86-87H2,1-8H3,(H2,88,109)(H2,89,113)(H,91,110)(H,92,121)(H,93,114)(H,94,116)(H,95,118)(H,96,119)(H,97,120)(H,98,115)(H,99,117)(H,111,112)/t46-,51+,55-,56-,57-,58-,59-,60-,61-,62-,63-,65-,66-,67-,68-/m0/s1. The van der Waals surface area contributed by atoms with Crippen LogP contribution in [0.1, 0.15) is 122 Å². The van der Waals surface area contributed by atoms with Gasteiger partial charge in [-0.3, -0.25) is 81.5 Å². The molecular weight excluding hydrogens is 1670 g/mol. The van der Waals surface area contributed by atoms with Crippen LogP contribution < -0.4 is 70.8 Å². The first-order valence-electron chi connectivity index (χ1n) is 42.4. The van der Waals surface area contributed by atoms with E-state index in [-0.39, 0.29) is 68.9 Å². The third-order valence-electron chi connectivity index (χ3n) is 22.9. The number of para-hydroxylation sites is 2. The summed E-state index contributed by atoms with van der Waals surface area (Å²) in [6.07, 6.45) is 1.08. The van der Waals surface area contributed by atoms with Crippen LogP contribution in [-0.2, 0) is 107 Å². The first-order chi connectivity index (χ1) is 60.3. The van der Waals surface area contributed by atoms with Crippen molar-refractivity contribution in [3.8, 4) is 5.75 Å². The number of phenols is 1. The van der Waals surface area contributed by atoms with Gasteiger partial charge in [0.1, 0.15) is 96.9 Å². The van der Waals surface area contributed by atoms with Gasteiger partial charge in [0.25, 0.3) is 0 Å². The van der Waals surface area contributed by atoms with Crippen LogP contribution in [-0.4, -0.2) is 311 Å². The number of thioether (sulfide) groups is 1. The van der Waals surface area contributed by atoms with Crippen molar-refractivity contribution in [2.24, 2.45) is 28.9 Å². The number of phenolic OH excluding ortho intramolecular Hbond substituents is 1. The number of aliphatic carboxylic acids is 1. The summed E-state index contributed by atoms with van der Waals surface area (Å²) in [5.41, 5.74) is 26.0. The number of amides is 16. The number of hydrogen-bond acceptors (Lipinski definition) is 23. The van der Waals surface area contributed by atoms with Crippen molar-refractivity contribution in [2.45, 2.75) is 222 Å². The normalized spacial score (nSPS) is 25.7. The fourth-order valence-electron chi connectivity index (χ4n) is 15.8. The topological polar surface area (TPSA) is 620 Å². The molecule has 0 unspecified atom stereocenters. The number of hydrogen-bond donors (Lipinski definition) is 18. The van der Waals surface area contributed by atoms with Crippen molar-refractivity contribution in [3.63, 3.8) is 0 Å². The number of rotatable bonds is 22. The van der Waals surface area contributed by atoms with E-state index in [1.54, 1.807) is 68.6 Å². The number of carboxylic acid groups (broad SMARTS) is 1. The second-order valence-electron chi connectivity index (χ2n) is 32.7. The number of primary amides is 2. The number of benzene rings is 3. The van der Waals surface area contributed by atoms with Gasteiger partial charge in [-0.1, -0.05) is 102 Å². The average molecular weight is 1790 g/mol. The van der Waals surface area contributed by atoms with E-state index in [1.807, 2.05) is 13.8 Å². The van der Waals surface area contributed by atoms with Gasteiger partial charge in [0.15, 0.2) is 0 Å². The van der Waals surface area contributed by atoms with Gasteiger partial charge in [0.2, 0.25) is 94.5 Å². The highest BCUT2D eigenvalue weighted by Gasteiger charge is 2.47. The number of fused-ring (bicyclic) bond motifs is 4. The minimum atomic E-state index is -1.95. The van der Waals surface area contributed by atoms with E-state index >= 15 is 28.8 Å². The number of likely N-dealkylation sites (N-methyl/N-ethyl adjacent to an activating group) is 3. The molecule has 8 rings (SSSR count). The summed E-state index contributed by atoms with van der Waals surface area (Å²) < 4.78 is 1.41. The largest absolute Gasteiger partial charge is 0.508 e. The van der Waals surface area contributed by atoms with E-state index in [0.717, 1.165) is 36.3 Å². The first kappa shape index (κ1) is 100. The second kappa shape index (κ2) is 46.8. The summed E-state index contributed by atoms with van der Waals surface area (Å²) >= 11 is 0.783. The monoisotopic (exact) mass is 1790 g/mol. The summed E-state index contributed by atoms with van der Waals surface area (Å²) in [7, 11) is 3.83. The van der Waals surface area contributed by atoms with Crippen LogP contribution >= 0.6 is 11.8 Å². The Balaban J connectivity index is 1.17. The number of carboxylic acids is 1. The molecule has 0 aliphatic carbocycles. The lowest BCUT2D eigenvalue weighted by Gasteiger charge is -2.36. The first-order valence-corrected chi connectivity index (χ1v) is 43.6. The predicted octanol–water partition coefficient (Wildman–Crippen LogP) is -3.80. The Bertz CT molecular complexity index is 4810. The second-order valence-corrected chi connectivity index (χ2v) is 33.8. The van der Waals surface area contributed by atoms with Gasteiger partial charge in [-0.15, -0.1) is 11.8 Å². The predicted molar refractivity (Wildman–Crippen MR) is 465 cm³/mol. The van der Waals surface area contributed by atoms with Crippen LogP contribution in [0.5, 0.6) is 5.75 Å². The van der Waals surface area contributed by atoms with Crippen LogP contribution in [0.4, 0.5) is 0 Å². The Morgan fingerprint density at radius 2 is 1.09 bits per heavy atom. The smallest absolute Gasteiger partial charge is 0.323 e. The molecule has 0 saturated carbocycles. The van der Waals surface area contributed by atoms with Crippen molar-refractivity contribution < 1.29 is 102 Å². The number of carbonyl (C=O) groups is 17. The van der Waals surface area contributed by atoms with Gasteiger partial charge < -0.3 is 125 Å². The maximum Gasteiger partial charge on any atom is 0.323 e. The molecule has 2 aromatic heterocycles. The van der Waals surface area contributed by atoms with E-state index in [2.05, 4.69) is 52.8 Å². The van der Waals surface area contributed by atoms with Crippen LogP contribution in [0, 0.1) is 5.92 Å². The molecule has 5 aromatic rings. The molecule has 22 N–H and O–H groups in total. The van der Waals surface area contributed by atoms with Crippen LogP contribution in [0.3, 0.4) is 0 Å². The maximum absolute atomic E-state index is 15.7. The molecule has 0 bridgehead atoms. The fourth-order valence-corrected chi connectivity index (χ4v) is 16.7. The quantitative estimate of drug-likeness (QED) is 0.0316. The number of aromatic hydroxyl groups is 1. The highest BCUT2D eigenvalue weighted by Crippen LogP contribution is 2.29. The van der Waals surface area contributed by atoms with Crippen molar-refractivity contribution in [3.05, 3.63) is 102 Å². The molecule has 5 heterocycles. The summed E-state index contributed by atoms with van der Waals surface area (Å²) in [5, 5.41) is 67.0. The molecule has 3 fully saturated rings. The number of aliphatic hydroxyl groups is 2. The zero-order valence-electron chi connectivity index (χ0n) is 72.5. The zero-order valence-corrected chi connectivity index (χ0v) is 73.3. The average Bonchev–Trinajstić information content (AvgIpc) is 1.61. The van der Waals surface area contributed by atoms with E-state index in [9.17, 15) is 73.2 Å². The molecule has 16 amide bonds. The molecular formula is C85H120N20O21S. The number of unbranched alkanes of at least 4 members (excludes halogenated alkanes) is 2. The minimum Gasteiger partial charge on any atom is -0.508 e. The lowest BCUT2D eigenvalue weighted by molar-refractivity contribution is -0.149. The number of nitrogens with two attached hydrogens (primary N) is 4. The number of H-pyrrole nitrogens is 1. The van der Waals surface area contributed by atoms with Crippen molar-refractivity contribution >= 4 is 134 Å². The van der Waals surface area contributed by atoms with Gasteiger partial charge in [0, 0.05) is 113 Å². The molecule has 3 saturated heterocycles. The number of nitrogens with one attached hydrogen (secondary N) is 10. The van der Waals surface area contributed by atoms with Crippen molar-refractivity contribution in [2.75, 3.05) is 65.4 Å². The third kappa shape index (κ3) is 26.7. The number of carbonyl (C=O) groups excluding carboxylic acids is 16. The van der Waals surface area contributed by atoms with Crippen LogP contribution in [0.25, 0.3) is 21.8 Å². The number of aromatic nitrogens is 2. The molecule has 15 atom stereocenters. The molecule has 41 nitrogen and oxygen atoms in total. The summed E-state index contributed by atoms with van der Waals surface area (Å²) in [5.74, 6) is -18.1. The summed E-state index contributed by atoms with van der Waals surface area (Å²) in [6.45, 7) is 4.91. The molecule has 42 heteroatoms. The number of aromatic amines is 1. The van der Waals surface area contributed by atoms with E-state index in [0.29, 0.717) is 64.2 Å². The SMILES string of the molecule is CCCC[C@H]1C(=O)N(C)[C@@H](CCCC)C(=O)N[C@@H](CN)C(=O)N[C@H](C(N)=O)CSCC(=O)N[C@@H](Cc2ccc(O)cc2)C(=O)N(C)[C@@H](C)C(=O)N[C@@H](CC(N)=O)C(=O)N2CCC[C@H]2C(=O)N[C@@H](CN)C(=O)N[C@@H](CC(C)C)C(=O)N2C[C@H](O)C[C@H]2C(=O)N[C@@H](Cc2c[nH]c3ccccc23)C(=O)N[C@@H](CO)C(=O)N[C@@H](Cc2cn(CC(=O)O)c3ccccc23)C(=O)N1C.